The van der Waals surface area contributed by atoms with Gasteiger partial charge in [-0.1, -0.05) is 148 Å². The molecule has 0 aromatic heterocycles. The highest BCUT2D eigenvalue weighted by Crippen LogP contribution is 2.36. The van der Waals surface area contributed by atoms with Crippen molar-refractivity contribution in [2.45, 2.75) is 193 Å². The summed E-state index contributed by atoms with van der Waals surface area (Å²) >= 11 is 0. The summed E-state index contributed by atoms with van der Waals surface area (Å²) < 4.78 is 26.3. The van der Waals surface area contributed by atoms with Crippen LogP contribution in [-0.2, 0) is 28.2 Å². The van der Waals surface area contributed by atoms with Crippen LogP contribution in [0.25, 0.3) is 0 Å². The first-order valence-electron chi connectivity index (χ1n) is 18.5. The summed E-state index contributed by atoms with van der Waals surface area (Å²) in [5, 5.41) is 0. The summed E-state index contributed by atoms with van der Waals surface area (Å²) in [7, 11) is -4.74. The third-order valence-electron chi connectivity index (χ3n) is 8.03. The molecule has 0 fully saturated rings. The average molecular weight is 661 g/mol. The van der Waals surface area contributed by atoms with Crippen molar-refractivity contribution < 1.29 is 37.9 Å². The maximum absolute atomic E-state index is 12.3. The lowest BCUT2D eigenvalue weighted by Crippen LogP contribution is -2.29. The quantitative estimate of drug-likeness (QED) is 0.0303. The number of ether oxygens (including phenoxy) is 2. The van der Waals surface area contributed by atoms with E-state index in [9.17, 15) is 14.2 Å². The first kappa shape index (κ1) is 43.8. The highest BCUT2D eigenvalue weighted by molar-refractivity contribution is 7.46. The lowest BCUT2D eigenvalue weighted by Gasteiger charge is -2.18. The normalized spacial score (nSPS) is 12.5. The van der Waals surface area contributed by atoms with Gasteiger partial charge in [0.25, 0.3) is 0 Å². The predicted molar refractivity (Wildman–Crippen MR) is 184 cm³/mol. The fourth-order valence-electron chi connectivity index (χ4n) is 5.25. The molecule has 0 amide bonds. The largest absolute Gasteiger partial charge is 0.469 e. The molecule has 0 saturated heterocycles. The van der Waals surface area contributed by atoms with Gasteiger partial charge in [0.15, 0.2) is 6.10 Å². The van der Waals surface area contributed by atoms with Gasteiger partial charge in [-0.05, 0) is 38.5 Å². The molecule has 0 aromatic rings. The van der Waals surface area contributed by atoms with E-state index in [0.717, 1.165) is 44.9 Å². The summed E-state index contributed by atoms with van der Waals surface area (Å²) in [6.07, 6.45) is 33.6. The van der Waals surface area contributed by atoms with Gasteiger partial charge in [0.1, 0.15) is 6.61 Å². The van der Waals surface area contributed by atoms with E-state index in [1.807, 2.05) is 0 Å². The van der Waals surface area contributed by atoms with Gasteiger partial charge in [0.2, 0.25) is 0 Å². The van der Waals surface area contributed by atoms with Crippen molar-refractivity contribution in [2.24, 2.45) is 0 Å². The topological polar surface area (TPSA) is 119 Å². The molecule has 0 bridgehead atoms. The van der Waals surface area contributed by atoms with E-state index >= 15 is 0 Å². The Morgan fingerprint density at radius 2 is 0.933 bits per heavy atom. The molecule has 45 heavy (non-hydrogen) atoms. The maximum atomic E-state index is 12.3. The number of hydrogen-bond donors (Lipinski definition) is 2. The zero-order chi connectivity index (χ0) is 33.3. The second-order valence-electron chi connectivity index (χ2n) is 12.6. The SMILES string of the molecule is CCCCCC/C=C/CCCCCCCCCC(=O)O[C@H](COC(=O)CCCCCCCCCCCCCC)COP(=O)(O)O. The molecule has 0 spiro atoms. The average Bonchev–Trinajstić information content (AvgIpc) is 3.00. The number of rotatable bonds is 34. The first-order chi connectivity index (χ1) is 21.8. The molecule has 0 saturated carbocycles. The van der Waals surface area contributed by atoms with Gasteiger partial charge in [0.05, 0.1) is 6.61 Å². The number of phosphoric acid groups is 1. The lowest BCUT2D eigenvalue weighted by atomic mass is 10.0. The standard InChI is InChI=1S/C36H69O8P/c1-3-5-7-9-11-13-15-17-18-19-21-23-25-27-29-31-36(38)44-34(33-43-45(39,40)41)32-42-35(37)30-28-26-24-22-20-16-14-12-10-8-6-4-2/h13,15,34H,3-12,14,16-33H2,1-2H3,(H2,39,40,41)/b15-13+/t34-/m1/s1. The molecule has 0 rings (SSSR count). The van der Waals surface area contributed by atoms with E-state index in [1.165, 1.54) is 109 Å². The fraction of sp³-hybridized carbons (Fsp3) is 0.889. The minimum Gasteiger partial charge on any atom is -0.462 e. The Morgan fingerprint density at radius 3 is 1.38 bits per heavy atom. The Labute approximate surface area is 276 Å². The van der Waals surface area contributed by atoms with Crippen LogP contribution in [0.1, 0.15) is 187 Å². The third-order valence-corrected chi connectivity index (χ3v) is 8.52. The van der Waals surface area contributed by atoms with Gasteiger partial charge in [-0.25, -0.2) is 4.57 Å². The number of unbranched alkanes of at least 4 members (excludes halogenated alkanes) is 22. The number of hydrogen-bond acceptors (Lipinski definition) is 6. The Kier molecular flexibility index (Phi) is 31.8. The Balaban J connectivity index is 3.96. The molecule has 2 N–H and O–H groups in total. The molecule has 0 aromatic carbocycles. The molecule has 1 atom stereocenters. The molecule has 0 radical (unpaired) electrons. The van der Waals surface area contributed by atoms with Crippen LogP contribution in [0.3, 0.4) is 0 Å². The summed E-state index contributed by atoms with van der Waals surface area (Å²) in [5.74, 6) is -0.884. The smallest absolute Gasteiger partial charge is 0.462 e. The van der Waals surface area contributed by atoms with Crippen LogP contribution in [0.5, 0.6) is 0 Å². The molecule has 0 aliphatic heterocycles. The van der Waals surface area contributed by atoms with Crippen molar-refractivity contribution in [3.8, 4) is 0 Å². The van der Waals surface area contributed by atoms with E-state index in [4.69, 9.17) is 19.3 Å². The molecule has 8 nitrogen and oxygen atoms in total. The van der Waals surface area contributed by atoms with Crippen molar-refractivity contribution in [1.29, 1.82) is 0 Å². The maximum Gasteiger partial charge on any atom is 0.469 e. The second-order valence-corrected chi connectivity index (χ2v) is 13.8. The Morgan fingerprint density at radius 1 is 0.556 bits per heavy atom. The van der Waals surface area contributed by atoms with Crippen LogP contribution < -0.4 is 0 Å². The molecule has 0 aliphatic carbocycles. The Hall–Kier alpha value is -1.21. The van der Waals surface area contributed by atoms with Crippen LogP contribution in [0.15, 0.2) is 12.2 Å². The van der Waals surface area contributed by atoms with Crippen molar-refractivity contribution >= 4 is 19.8 Å². The minimum atomic E-state index is -4.74. The van der Waals surface area contributed by atoms with E-state index in [1.54, 1.807) is 0 Å². The molecular weight excluding hydrogens is 591 g/mol. The lowest BCUT2D eigenvalue weighted by molar-refractivity contribution is -0.161. The van der Waals surface area contributed by atoms with Gasteiger partial charge in [-0.2, -0.15) is 0 Å². The number of carbonyl (C=O) groups is 2. The van der Waals surface area contributed by atoms with Crippen LogP contribution in [0.2, 0.25) is 0 Å². The van der Waals surface area contributed by atoms with E-state index in [-0.39, 0.29) is 19.4 Å². The van der Waals surface area contributed by atoms with Crippen molar-refractivity contribution in [2.75, 3.05) is 13.2 Å². The van der Waals surface area contributed by atoms with Crippen LogP contribution in [0.4, 0.5) is 0 Å². The summed E-state index contributed by atoms with van der Waals surface area (Å²) in [5.41, 5.74) is 0. The van der Waals surface area contributed by atoms with Crippen molar-refractivity contribution in [3.63, 3.8) is 0 Å². The van der Waals surface area contributed by atoms with Crippen LogP contribution >= 0.6 is 7.82 Å². The number of esters is 2. The predicted octanol–water partition coefficient (Wildman–Crippen LogP) is 10.7. The van der Waals surface area contributed by atoms with Crippen molar-refractivity contribution in [1.82, 2.24) is 0 Å². The molecule has 0 unspecified atom stereocenters. The highest BCUT2D eigenvalue weighted by Gasteiger charge is 2.22. The highest BCUT2D eigenvalue weighted by atomic mass is 31.2. The molecule has 0 aliphatic rings. The van der Waals surface area contributed by atoms with E-state index in [0.29, 0.717) is 6.42 Å². The summed E-state index contributed by atoms with van der Waals surface area (Å²) in [6.45, 7) is 3.66. The zero-order valence-corrected chi connectivity index (χ0v) is 29.9. The van der Waals surface area contributed by atoms with E-state index < -0.39 is 32.5 Å². The minimum absolute atomic E-state index is 0.211. The number of allylic oxidation sites excluding steroid dienone is 2. The zero-order valence-electron chi connectivity index (χ0n) is 29.0. The number of carbonyl (C=O) groups excluding carboxylic acids is 2. The van der Waals surface area contributed by atoms with Crippen LogP contribution in [0, 0.1) is 0 Å². The van der Waals surface area contributed by atoms with Gasteiger partial charge >= 0.3 is 19.8 Å². The number of phosphoric ester groups is 1. The van der Waals surface area contributed by atoms with Gasteiger partial charge in [0, 0.05) is 12.8 Å². The van der Waals surface area contributed by atoms with Crippen molar-refractivity contribution in [3.05, 3.63) is 12.2 Å². The molecular formula is C36H69O8P. The molecule has 9 heteroatoms. The summed E-state index contributed by atoms with van der Waals surface area (Å²) in [4.78, 5) is 42.6. The van der Waals surface area contributed by atoms with Gasteiger partial charge in [-0.3, -0.25) is 14.1 Å². The molecule has 0 heterocycles. The first-order valence-corrected chi connectivity index (χ1v) is 20.0. The monoisotopic (exact) mass is 660 g/mol. The van der Waals surface area contributed by atoms with Crippen LogP contribution in [-0.4, -0.2) is 41.0 Å². The van der Waals surface area contributed by atoms with Gasteiger partial charge < -0.3 is 19.3 Å². The molecule has 266 valence electrons. The van der Waals surface area contributed by atoms with Gasteiger partial charge in [-0.15, -0.1) is 0 Å². The Bertz CT molecular complexity index is 751. The second kappa shape index (κ2) is 32.7. The fourth-order valence-corrected chi connectivity index (χ4v) is 5.61. The van der Waals surface area contributed by atoms with E-state index in [2.05, 4.69) is 30.5 Å². The summed E-state index contributed by atoms with van der Waals surface area (Å²) in [6, 6.07) is 0. The third kappa shape index (κ3) is 35.5.